The molecule has 1 rings (SSSR count). The van der Waals surface area contributed by atoms with Crippen LogP contribution in [0.2, 0.25) is 0 Å². The van der Waals surface area contributed by atoms with Crippen LogP contribution in [0, 0.1) is 0 Å². The van der Waals surface area contributed by atoms with E-state index in [2.05, 4.69) is 20.8 Å². The highest BCUT2D eigenvalue weighted by molar-refractivity contribution is 7.99. The second-order valence-electron chi connectivity index (χ2n) is 7.09. The lowest BCUT2D eigenvalue weighted by atomic mass is 10.1. The van der Waals surface area contributed by atoms with E-state index in [1.165, 1.54) is 64.2 Å². The van der Waals surface area contributed by atoms with Gasteiger partial charge < -0.3 is 4.42 Å². The van der Waals surface area contributed by atoms with Crippen molar-refractivity contribution in [1.82, 2.24) is 0 Å². The summed E-state index contributed by atoms with van der Waals surface area (Å²) in [5.74, 6) is 0.240. The molecule has 25 heavy (non-hydrogen) atoms. The zero-order chi connectivity index (χ0) is 18.3. The van der Waals surface area contributed by atoms with Gasteiger partial charge in [0.25, 0.3) is 0 Å². The molecule has 0 saturated heterocycles. The summed E-state index contributed by atoms with van der Waals surface area (Å²) in [5.41, 5.74) is 0.805. The number of unbranched alkanes of at least 4 members (excludes halogenated alkanes) is 7. The Hall–Kier alpha value is -0.700. The molecule has 0 aliphatic carbocycles. The second kappa shape index (κ2) is 14.5. The summed E-state index contributed by atoms with van der Waals surface area (Å²) in [7, 11) is 0. The van der Waals surface area contributed by atoms with Gasteiger partial charge in [0, 0.05) is 11.7 Å². The van der Waals surface area contributed by atoms with Gasteiger partial charge in [-0.05, 0) is 25.3 Å². The van der Waals surface area contributed by atoms with E-state index in [-0.39, 0.29) is 5.78 Å². The number of furan rings is 1. The van der Waals surface area contributed by atoms with Crippen molar-refractivity contribution in [3.8, 4) is 0 Å². The van der Waals surface area contributed by atoms with Crippen molar-refractivity contribution in [2.24, 2.45) is 0 Å². The van der Waals surface area contributed by atoms with Crippen LogP contribution in [0.3, 0.4) is 0 Å². The quantitative estimate of drug-likeness (QED) is 0.168. The Morgan fingerprint density at radius 3 is 2.28 bits per heavy atom. The van der Waals surface area contributed by atoms with Gasteiger partial charge in [-0.1, -0.05) is 90.3 Å². The van der Waals surface area contributed by atoms with Gasteiger partial charge in [-0.15, -0.1) is 0 Å². The van der Waals surface area contributed by atoms with Crippen LogP contribution in [-0.4, -0.2) is 11.0 Å². The molecule has 0 spiro atoms. The highest BCUT2D eigenvalue weighted by Gasteiger charge is 2.19. The van der Waals surface area contributed by atoms with E-state index < -0.39 is 0 Å². The Bertz CT molecular complexity index is 453. The fourth-order valence-electron chi connectivity index (χ4n) is 3.13. The van der Waals surface area contributed by atoms with Crippen LogP contribution in [0.5, 0.6) is 0 Å². The van der Waals surface area contributed by atoms with Crippen LogP contribution >= 0.6 is 11.8 Å². The number of hydrogen-bond acceptors (Lipinski definition) is 3. The molecule has 2 nitrogen and oxygen atoms in total. The zero-order valence-corrected chi connectivity index (χ0v) is 17.5. The molecule has 0 fully saturated rings. The van der Waals surface area contributed by atoms with Gasteiger partial charge in [-0.2, -0.15) is 0 Å². The molecule has 0 aromatic carbocycles. The van der Waals surface area contributed by atoms with Crippen molar-refractivity contribution >= 4 is 17.5 Å². The Balaban J connectivity index is 2.41. The Morgan fingerprint density at radius 2 is 1.60 bits per heavy atom. The molecule has 1 atom stereocenters. The van der Waals surface area contributed by atoms with E-state index in [4.69, 9.17) is 4.42 Å². The number of hydrogen-bond donors (Lipinski definition) is 0. The SMILES string of the molecule is CCCCCCCCCC(CCC)Sc1occc1C(=O)CCCC. The van der Waals surface area contributed by atoms with Crippen LogP contribution in [0.1, 0.15) is 115 Å². The van der Waals surface area contributed by atoms with Gasteiger partial charge >= 0.3 is 0 Å². The molecule has 0 amide bonds. The number of carbonyl (C=O) groups excluding carboxylic acids is 1. The van der Waals surface area contributed by atoms with Crippen LogP contribution < -0.4 is 0 Å². The number of ketones is 1. The van der Waals surface area contributed by atoms with E-state index in [9.17, 15) is 4.79 Å². The normalized spacial score (nSPS) is 12.4. The summed E-state index contributed by atoms with van der Waals surface area (Å²) < 4.78 is 5.66. The van der Waals surface area contributed by atoms with Crippen LogP contribution in [0.25, 0.3) is 0 Å². The Kier molecular flexibility index (Phi) is 12.9. The first-order chi connectivity index (χ1) is 12.2. The van der Waals surface area contributed by atoms with Crippen molar-refractivity contribution in [3.05, 3.63) is 17.9 Å². The van der Waals surface area contributed by atoms with Crippen molar-refractivity contribution in [3.63, 3.8) is 0 Å². The first-order valence-corrected chi connectivity index (χ1v) is 11.4. The third-order valence-corrected chi connectivity index (χ3v) is 6.04. The number of rotatable bonds is 16. The maximum Gasteiger partial charge on any atom is 0.171 e. The molecule has 0 aliphatic heterocycles. The van der Waals surface area contributed by atoms with Gasteiger partial charge in [0.15, 0.2) is 10.9 Å². The first-order valence-electron chi connectivity index (χ1n) is 10.5. The molecule has 1 heterocycles. The predicted molar refractivity (Wildman–Crippen MR) is 110 cm³/mol. The van der Waals surface area contributed by atoms with E-state index in [0.29, 0.717) is 11.7 Å². The topological polar surface area (TPSA) is 30.2 Å². The van der Waals surface area contributed by atoms with Crippen molar-refractivity contribution in [2.75, 3.05) is 0 Å². The third-order valence-electron chi connectivity index (χ3n) is 4.70. The van der Waals surface area contributed by atoms with E-state index in [0.717, 1.165) is 23.5 Å². The van der Waals surface area contributed by atoms with Crippen molar-refractivity contribution in [1.29, 1.82) is 0 Å². The standard InChI is InChI=1S/C22H38O2S/c1-4-7-9-10-11-12-13-15-19(14-6-3)25-22-20(17-18-24-22)21(23)16-8-5-2/h17-19H,4-16H2,1-3H3. The maximum absolute atomic E-state index is 12.3. The lowest BCUT2D eigenvalue weighted by Gasteiger charge is -2.15. The maximum atomic E-state index is 12.3. The molecule has 0 N–H and O–H groups in total. The summed E-state index contributed by atoms with van der Waals surface area (Å²) in [4.78, 5) is 12.3. The van der Waals surface area contributed by atoms with E-state index in [1.54, 1.807) is 18.0 Å². The van der Waals surface area contributed by atoms with Gasteiger partial charge in [-0.25, -0.2) is 0 Å². The molecular formula is C22H38O2S. The average molecular weight is 367 g/mol. The fraction of sp³-hybridized carbons (Fsp3) is 0.773. The molecule has 1 unspecified atom stereocenters. The van der Waals surface area contributed by atoms with E-state index in [1.807, 2.05) is 6.07 Å². The lowest BCUT2D eigenvalue weighted by Crippen LogP contribution is -2.04. The number of thioether (sulfide) groups is 1. The Labute approximate surface area is 159 Å². The third kappa shape index (κ3) is 9.53. The fourth-order valence-corrected chi connectivity index (χ4v) is 4.49. The number of Topliss-reactive ketones (excluding diaryl/α,β-unsaturated/α-hetero) is 1. The zero-order valence-electron chi connectivity index (χ0n) is 16.6. The summed E-state index contributed by atoms with van der Waals surface area (Å²) >= 11 is 1.79. The molecule has 144 valence electrons. The minimum atomic E-state index is 0.240. The number of carbonyl (C=O) groups is 1. The first kappa shape index (κ1) is 22.3. The second-order valence-corrected chi connectivity index (χ2v) is 8.36. The van der Waals surface area contributed by atoms with Crippen LogP contribution in [0.4, 0.5) is 0 Å². The summed E-state index contributed by atoms with van der Waals surface area (Å²) in [6.07, 6.45) is 17.4. The molecular weight excluding hydrogens is 328 g/mol. The highest BCUT2D eigenvalue weighted by Crippen LogP contribution is 2.33. The molecule has 0 bridgehead atoms. The van der Waals surface area contributed by atoms with Crippen LogP contribution in [-0.2, 0) is 0 Å². The lowest BCUT2D eigenvalue weighted by molar-refractivity contribution is 0.0975. The summed E-state index contributed by atoms with van der Waals surface area (Å²) in [6, 6.07) is 1.86. The van der Waals surface area contributed by atoms with Crippen molar-refractivity contribution < 1.29 is 9.21 Å². The average Bonchev–Trinajstić information content (AvgIpc) is 3.07. The summed E-state index contributed by atoms with van der Waals surface area (Å²) in [6.45, 7) is 6.63. The monoisotopic (exact) mass is 366 g/mol. The molecule has 1 aromatic rings. The predicted octanol–water partition coefficient (Wildman–Crippen LogP) is 8.05. The molecule has 0 radical (unpaired) electrons. The Morgan fingerprint density at radius 1 is 0.920 bits per heavy atom. The minimum Gasteiger partial charge on any atom is -0.457 e. The van der Waals surface area contributed by atoms with Gasteiger partial charge in [-0.3, -0.25) is 4.79 Å². The van der Waals surface area contributed by atoms with Gasteiger partial charge in [0.1, 0.15) is 0 Å². The minimum absolute atomic E-state index is 0.240. The van der Waals surface area contributed by atoms with Gasteiger partial charge in [0.2, 0.25) is 0 Å². The summed E-state index contributed by atoms with van der Waals surface area (Å²) in [5, 5.41) is 1.42. The molecule has 1 aromatic heterocycles. The highest BCUT2D eigenvalue weighted by atomic mass is 32.2. The molecule has 0 aliphatic rings. The van der Waals surface area contributed by atoms with Gasteiger partial charge in [0.05, 0.1) is 11.8 Å². The largest absolute Gasteiger partial charge is 0.457 e. The van der Waals surface area contributed by atoms with Crippen LogP contribution in [0.15, 0.2) is 21.8 Å². The van der Waals surface area contributed by atoms with Crippen molar-refractivity contribution in [2.45, 2.75) is 115 Å². The molecule has 0 saturated carbocycles. The molecule has 3 heteroatoms. The smallest absolute Gasteiger partial charge is 0.171 e. The van der Waals surface area contributed by atoms with E-state index >= 15 is 0 Å².